The summed E-state index contributed by atoms with van der Waals surface area (Å²) >= 11 is 1.63. The molecule has 4 aromatic rings. The van der Waals surface area contributed by atoms with Gasteiger partial charge in [0.2, 0.25) is 6.79 Å². The van der Waals surface area contributed by atoms with Crippen LogP contribution in [0, 0.1) is 13.8 Å². The number of hydrogen-bond acceptors (Lipinski definition) is 13. The van der Waals surface area contributed by atoms with Gasteiger partial charge in [-0.05, 0) is 63.8 Å². The molecule has 0 aliphatic carbocycles. The average Bonchev–Trinajstić information content (AvgIpc) is 3.90. The van der Waals surface area contributed by atoms with Gasteiger partial charge in [-0.25, -0.2) is 4.79 Å². The SMILES string of the molecule is COc1c(C)cc2c(c1O)[C@H]1C3[C@@H]4SC[C@]5(NCCc6c5oc5ccccc65)C(=O)OC[C@@H](c5c6c(c(C)c(OC(C)=O)c54)OCO6)N3[C@]3(C)CN1C2(C)C3. The van der Waals surface area contributed by atoms with E-state index in [2.05, 4.69) is 35.0 Å². The third-order valence-corrected chi connectivity index (χ3v) is 15.2. The Morgan fingerprint density at radius 2 is 1.87 bits per heavy atom. The van der Waals surface area contributed by atoms with Gasteiger partial charge in [-0.2, -0.15) is 0 Å². The lowest BCUT2D eigenvalue weighted by Crippen LogP contribution is -2.66. The zero-order valence-electron chi connectivity index (χ0n) is 31.7. The molecule has 12 nitrogen and oxygen atoms in total. The number of carbonyl (C=O) groups excluding carboxylic acids is 2. The number of benzene rings is 3. The van der Waals surface area contributed by atoms with E-state index in [0.717, 1.165) is 57.3 Å². The summed E-state index contributed by atoms with van der Waals surface area (Å²) < 4.78 is 37.7. The number of methoxy groups -OCH3 is 1. The number of nitrogens with one attached hydrogen (secondary N) is 1. The fraction of sp³-hybridized carbons (Fsp3) is 0.476. The number of ether oxygens (including phenoxy) is 5. The van der Waals surface area contributed by atoms with Crippen LogP contribution in [0.5, 0.6) is 28.7 Å². The molecular formula is C42H43N3O9S. The van der Waals surface area contributed by atoms with Crippen LogP contribution in [0.4, 0.5) is 0 Å². The number of rotatable bonds is 2. The first-order valence-electron chi connectivity index (χ1n) is 19.1. The summed E-state index contributed by atoms with van der Waals surface area (Å²) in [4.78, 5) is 33.0. The summed E-state index contributed by atoms with van der Waals surface area (Å²) in [6.45, 7) is 11.2. The Balaban J connectivity index is 1.19. The molecule has 1 spiro atoms. The highest BCUT2D eigenvalue weighted by Crippen LogP contribution is 2.71. The lowest BCUT2D eigenvalue weighted by molar-refractivity contribution is -0.158. The van der Waals surface area contributed by atoms with Crippen LogP contribution in [-0.4, -0.2) is 77.8 Å². The van der Waals surface area contributed by atoms with Crippen LogP contribution >= 0.6 is 11.8 Å². The van der Waals surface area contributed by atoms with Gasteiger partial charge < -0.3 is 33.2 Å². The Bertz CT molecular complexity index is 2410. The monoisotopic (exact) mass is 765 g/mol. The summed E-state index contributed by atoms with van der Waals surface area (Å²) in [5, 5.41) is 16.4. The summed E-state index contributed by atoms with van der Waals surface area (Å²) in [5.41, 5.74) is 4.88. The Labute approximate surface area is 322 Å². The number of hydrogen-bond donors (Lipinski definition) is 2. The smallest absolute Gasteiger partial charge is 0.335 e. The molecule has 12 rings (SSSR count). The molecular weight excluding hydrogens is 723 g/mol. The van der Waals surface area contributed by atoms with Crippen LogP contribution in [0.15, 0.2) is 34.7 Å². The predicted molar refractivity (Wildman–Crippen MR) is 202 cm³/mol. The maximum absolute atomic E-state index is 14.9. The zero-order valence-corrected chi connectivity index (χ0v) is 32.5. The van der Waals surface area contributed by atoms with Crippen molar-refractivity contribution >= 4 is 34.7 Å². The summed E-state index contributed by atoms with van der Waals surface area (Å²) in [6, 6.07) is 9.06. The van der Waals surface area contributed by atoms with Crippen molar-refractivity contribution in [1.29, 1.82) is 0 Å². The highest BCUT2D eigenvalue weighted by Gasteiger charge is 2.71. The van der Waals surface area contributed by atoms with E-state index < -0.39 is 29.1 Å². The zero-order chi connectivity index (χ0) is 37.9. The minimum absolute atomic E-state index is 0.00612. The van der Waals surface area contributed by atoms with Crippen molar-refractivity contribution in [1.82, 2.24) is 15.1 Å². The number of furan rings is 1. The lowest BCUT2D eigenvalue weighted by Gasteiger charge is -2.60. The van der Waals surface area contributed by atoms with Gasteiger partial charge in [-0.1, -0.05) is 18.2 Å². The molecule has 3 aromatic carbocycles. The normalized spacial score (nSPS) is 32.6. The number of thioether (sulfide) groups is 1. The number of aromatic hydroxyl groups is 1. The lowest BCUT2D eigenvalue weighted by atomic mass is 9.72. The highest BCUT2D eigenvalue weighted by molar-refractivity contribution is 7.99. The van der Waals surface area contributed by atoms with Crippen molar-refractivity contribution in [3.63, 3.8) is 0 Å². The summed E-state index contributed by atoms with van der Waals surface area (Å²) in [7, 11) is 1.60. The van der Waals surface area contributed by atoms with E-state index in [9.17, 15) is 14.7 Å². The first-order chi connectivity index (χ1) is 26.4. The van der Waals surface area contributed by atoms with Gasteiger partial charge in [0, 0.05) is 76.1 Å². The quantitative estimate of drug-likeness (QED) is 0.184. The third-order valence-electron chi connectivity index (χ3n) is 13.7. The molecule has 4 bridgehead atoms. The van der Waals surface area contributed by atoms with E-state index in [1.165, 1.54) is 6.92 Å². The molecule has 8 aliphatic rings. The van der Waals surface area contributed by atoms with E-state index in [1.54, 1.807) is 18.9 Å². The number of esters is 2. The Morgan fingerprint density at radius 3 is 2.67 bits per heavy atom. The molecule has 7 atom stereocenters. The number of phenolic OH excluding ortho intramolecular Hbond substituents is 1. The van der Waals surface area contributed by atoms with Crippen LogP contribution in [0.2, 0.25) is 0 Å². The molecule has 8 aliphatic heterocycles. The molecule has 0 saturated carbocycles. The standard InChI is InChI=1S/C42H43N3O9S/c1-19-13-24-27(32(47)33(19)49-6)30-31-37-29-28(36-35(51-18-52-36)20(2)34(29)53-21(3)46)25(45(31)40(4)15-41(24,5)44(30)16-40)14-50-39(48)42(17-55-37)38-23(11-12-43-42)22-9-7-8-10-26(22)54-38/h7-10,13,25,30-31,37,43,47H,11-12,14-18H2,1-6H3/t25-,30-,31?,37+,40-,41?,42+/m0/s1. The molecule has 0 radical (unpaired) electrons. The molecule has 13 heteroatoms. The van der Waals surface area contributed by atoms with E-state index in [4.69, 9.17) is 28.1 Å². The van der Waals surface area contributed by atoms with Gasteiger partial charge in [-0.15, -0.1) is 11.8 Å². The largest absolute Gasteiger partial charge is 0.504 e. The Morgan fingerprint density at radius 1 is 1.07 bits per heavy atom. The van der Waals surface area contributed by atoms with Gasteiger partial charge in [0.25, 0.3) is 0 Å². The predicted octanol–water partition coefficient (Wildman–Crippen LogP) is 5.96. The number of nitrogens with zero attached hydrogens (tertiary/aromatic N) is 2. The van der Waals surface area contributed by atoms with E-state index >= 15 is 0 Å². The molecule has 3 fully saturated rings. The number of piperazine rings is 1. The fourth-order valence-corrected chi connectivity index (χ4v) is 13.5. The van der Waals surface area contributed by atoms with Crippen molar-refractivity contribution < 1.29 is 42.8 Å². The highest BCUT2D eigenvalue weighted by atomic mass is 32.2. The van der Waals surface area contributed by atoms with Crippen molar-refractivity contribution in [2.24, 2.45) is 0 Å². The second-order valence-corrected chi connectivity index (χ2v) is 17.9. The van der Waals surface area contributed by atoms with Crippen LogP contribution in [-0.2, 0) is 31.8 Å². The minimum atomic E-state index is -1.28. The van der Waals surface area contributed by atoms with Crippen molar-refractivity contribution in [2.75, 3.05) is 39.4 Å². The number of fused-ring (bicyclic) bond motifs is 11. The van der Waals surface area contributed by atoms with Crippen molar-refractivity contribution in [2.45, 2.75) is 87.5 Å². The van der Waals surface area contributed by atoms with E-state index in [-0.39, 0.29) is 47.8 Å². The molecule has 2 N–H and O–H groups in total. The summed E-state index contributed by atoms with van der Waals surface area (Å²) in [5.74, 6) is 2.22. The third kappa shape index (κ3) is 4.09. The molecule has 286 valence electrons. The minimum Gasteiger partial charge on any atom is -0.504 e. The van der Waals surface area contributed by atoms with Crippen molar-refractivity contribution in [3.8, 4) is 28.7 Å². The average molecular weight is 766 g/mol. The molecule has 3 saturated heterocycles. The van der Waals surface area contributed by atoms with Crippen molar-refractivity contribution in [3.05, 3.63) is 75.0 Å². The number of phenols is 1. The fourth-order valence-electron chi connectivity index (χ4n) is 11.8. The maximum atomic E-state index is 14.9. The first kappa shape index (κ1) is 33.9. The Hall–Kier alpha value is -4.43. The molecule has 55 heavy (non-hydrogen) atoms. The molecule has 1 aromatic heterocycles. The molecule has 2 unspecified atom stereocenters. The van der Waals surface area contributed by atoms with Gasteiger partial charge in [-0.3, -0.25) is 19.9 Å². The number of para-hydroxylation sites is 1. The van der Waals surface area contributed by atoms with E-state index in [1.807, 2.05) is 38.1 Å². The van der Waals surface area contributed by atoms with Gasteiger partial charge in [0.05, 0.1) is 24.4 Å². The Kier molecular flexibility index (Phi) is 6.84. The topological polar surface area (TPSA) is 132 Å². The maximum Gasteiger partial charge on any atom is 0.335 e. The van der Waals surface area contributed by atoms with Gasteiger partial charge >= 0.3 is 11.9 Å². The number of aryl methyl sites for hydroxylation is 1. The van der Waals surface area contributed by atoms with Gasteiger partial charge in [0.1, 0.15) is 23.7 Å². The molecule has 0 amide bonds. The van der Waals surface area contributed by atoms with Gasteiger partial charge in [0.15, 0.2) is 28.5 Å². The van der Waals surface area contributed by atoms with Crippen LogP contribution in [0.25, 0.3) is 11.0 Å². The van der Waals surface area contributed by atoms with Crippen LogP contribution in [0.3, 0.4) is 0 Å². The first-order valence-corrected chi connectivity index (χ1v) is 20.1. The molecule has 9 heterocycles. The van der Waals surface area contributed by atoms with Crippen LogP contribution in [0.1, 0.15) is 89.2 Å². The second kappa shape index (κ2) is 11.1. The van der Waals surface area contributed by atoms with E-state index in [0.29, 0.717) is 47.3 Å². The summed E-state index contributed by atoms with van der Waals surface area (Å²) in [6.07, 6.45) is 1.49. The number of carbonyl (C=O) groups is 2. The van der Waals surface area contributed by atoms with Crippen LogP contribution < -0.4 is 24.3 Å². The second-order valence-electron chi connectivity index (χ2n) is 16.7.